The largest absolute Gasteiger partial charge is 0.469 e. The predicted molar refractivity (Wildman–Crippen MR) is 76.3 cm³/mol. The van der Waals surface area contributed by atoms with Gasteiger partial charge < -0.3 is 10.1 Å². The fourth-order valence-corrected chi connectivity index (χ4v) is 1.72. The summed E-state index contributed by atoms with van der Waals surface area (Å²) in [5, 5.41) is 13.8. The summed E-state index contributed by atoms with van der Waals surface area (Å²) < 4.78 is 4.58. The van der Waals surface area contributed by atoms with Crippen LogP contribution in [0.5, 0.6) is 0 Å². The van der Waals surface area contributed by atoms with E-state index in [1.807, 2.05) is 0 Å². The molecule has 0 unspecified atom stereocenters. The van der Waals surface area contributed by atoms with E-state index in [0.717, 1.165) is 5.56 Å². The molecule has 0 aliphatic rings. The molecule has 7 nitrogen and oxygen atoms in total. The highest BCUT2D eigenvalue weighted by molar-refractivity contribution is 5.73. The molecule has 0 bridgehead atoms. The zero-order valence-corrected chi connectivity index (χ0v) is 11.3. The van der Waals surface area contributed by atoms with Crippen LogP contribution in [0.2, 0.25) is 0 Å². The Morgan fingerprint density at radius 2 is 2.05 bits per heavy atom. The van der Waals surface area contributed by atoms with Crippen molar-refractivity contribution >= 4 is 23.2 Å². The van der Waals surface area contributed by atoms with Crippen LogP contribution in [0.3, 0.4) is 0 Å². The van der Waals surface area contributed by atoms with Crippen molar-refractivity contribution in [2.75, 3.05) is 12.4 Å². The van der Waals surface area contributed by atoms with Gasteiger partial charge in [0.05, 0.1) is 18.5 Å². The second-order valence-corrected chi connectivity index (χ2v) is 4.20. The first-order valence-electron chi connectivity index (χ1n) is 6.12. The molecule has 1 heterocycles. The number of pyridine rings is 1. The summed E-state index contributed by atoms with van der Waals surface area (Å²) in [5.74, 6) is -0.153. The molecule has 0 aliphatic carbocycles. The van der Waals surface area contributed by atoms with Crippen LogP contribution < -0.4 is 5.32 Å². The van der Waals surface area contributed by atoms with Gasteiger partial charge in [0.2, 0.25) is 5.82 Å². The summed E-state index contributed by atoms with van der Waals surface area (Å²) in [6, 6.07) is 9.80. The Morgan fingerprint density at radius 1 is 1.33 bits per heavy atom. The van der Waals surface area contributed by atoms with E-state index >= 15 is 0 Å². The Labute approximate surface area is 120 Å². The average molecular weight is 287 g/mol. The molecule has 1 aromatic carbocycles. The molecule has 0 atom stereocenters. The summed E-state index contributed by atoms with van der Waals surface area (Å²) in [6.45, 7) is 0. The SMILES string of the molecule is COC(=O)Cc1ccc(Nc2ncccc2[N+](=O)[O-])cc1. The van der Waals surface area contributed by atoms with E-state index in [1.165, 1.54) is 25.4 Å². The lowest BCUT2D eigenvalue weighted by Crippen LogP contribution is -2.04. The molecule has 0 spiro atoms. The standard InChI is InChI=1S/C14H13N3O4/c1-21-13(18)9-10-4-6-11(7-5-10)16-14-12(17(19)20)3-2-8-15-14/h2-8H,9H2,1H3,(H,15,16). The number of esters is 1. The number of rotatable bonds is 5. The van der Waals surface area contributed by atoms with Gasteiger partial charge in [0.25, 0.3) is 0 Å². The summed E-state index contributed by atoms with van der Waals surface area (Å²) in [6.07, 6.45) is 1.65. The van der Waals surface area contributed by atoms with Gasteiger partial charge in [-0.2, -0.15) is 0 Å². The van der Waals surface area contributed by atoms with Gasteiger partial charge in [0.1, 0.15) is 0 Å². The molecule has 2 aromatic rings. The third-order valence-electron chi connectivity index (χ3n) is 2.78. The number of anilines is 2. The second kappa shape index (κ2) is 6.47. The maximum atomic E-state index is 11.2. The highest BCUT2D eigenvalue weighted by Gasteiger charge is 2.14. The van der Waals surface area contributed by atoms with E-state index in [9.17, 15) is 14.9 Å². The molecule has 1 N–H and O–H groups in total. The van der Waals surface area contributed by atoms with Crippen LogP contribution in [0.1, 0.15) is 5.56 Å². The van der Waals surface area contributed by atoms with Crippen molar-refractivity contribution in [1.82, 2.24) is 4.98 Å². The quantitative estimate of drug-likeness (QED) is 0.515. The molecule has 0 aliphatic heterocycles. The van der Waals surface area contributed by atoms with Crippen molar-refractivity contribution in [2.45, 2.75) is 6.42 Å². The van der Waals surface area contributed by atoms with Crippen molar-refractivity contribution in [2.24, 2.45) is 0 Å². The number of hydrogen-bond donors (Lipinski definition) is 1. The Kier molecular flexibility index (Phi) is 4.45. The maximum Gasteiger partial charge on any atom is 0.311 e. The molecule has 7 heteroatoms. The van der Waals surface area contributed by atoms with E-state index in [0.29, 0.717) is 5.69 Å². The van der Waals surface area contributed by atoms with Crippen LogP contribution in [0.25, 0.3) is 0 Å². The van der Waals surface area contributed by atoms with Crippen molar-refractivity contribution in [3.63, 3.8) is 0 Å². The molecule has 21 heavy (non-hydrogen) atoms. The highest BCUT2D eigenvalue weighted by Crippen LogP contribution is 2.24. The molecule has 0 radical (unpaired) electrons. The molecular weight excluding hydrogens is 274 g/mol. The summed E-state index contributed by atoms with van der Waals surface area (Å²) in [5.41, 5.74) is 1.34. The summed E-state index contributed by atoms with van der Waals surface area (Å²) >= 11 is 0. The number of hydrogen-bond acceptors (Lipinski definition) is 6. The van der Waals surface area contributed by atoms with Crippen molar-refractivity contribution < 1.29 is 14.5 Å². The van der Waals surface area contributed by atoms with Gasteiger partial charge in [0, 0.05) is 18.0 Å². The summed E-state index contributed by atoms with van der Waals surface area (Å²) in [4.78, 5) is 25.5. The number of nitrogens with one attached hydrogen (secondary N) is 1. The van der Waals surface area contributed by atoms with Crippen LogP contribution in [0, 0.1) is 10.1 Å². The van der Waals surface area contributed by atoms with Gasteiger partial charge >= 0.3 is 11.7 Å². The smallest absolute Gasteiger partial charge is 0.311 e. The molecule has 0 amide bonds. The number of nitro groups is 1. The number of carbonyl (C=O) groups is 1. The topological polar surface area (TPSA) is 94.4 Å². The first kappa shape index (κ1) is 14.4. The molecular formula is C14H13N3O4. The van der Waals surface area contributed by atoms with Crippen molar-refractivity contribution in [3.8, 4) is 0 Å². The molecule has 108 valence electrons. The monoisotopic (exact) mass is 287 g/mol. The number of ether oxygens (including phenoxy) is 1. The lowest BCUT2D eigenvalue weighted by molar-refractivity contribution is -0.384. The zero-order chi connectivity index (χ0) is 15.2. The predicted octanol–water partition coefficient (Wildman–Crippen LogP) is 2.45. The Morgan fingerprint density at radius 3 is 2.67 bits per heavy atom. The van der Waals surface area contributed by atoms with Gasteiger partial charge in [-0.25, -0.2) is 4.98 Å². The number of nitrogens with zero attached hydrogens (tertiary/aromatic N) is 2. The van der Waals surface area contributed by atoms with E-state index < -0.39 is 4.92 Å². The van der Waals surface area contributed by atoms with E-state index in [4.69, 9.17) is 0 Å². The maximum absolute atomic E-state index is 11.2. The minimum absolute atomic E-state index is 0.101. The first-order chi connectivity index (χ1) is 10.1. The molecule has 1 aromatic heterocycles. The van der Waals surface area contributed by atoms with Crippen molar-refractivity contribution in [3.05, 3.63) is 58.3 Å². The van der Waals surface area contributed by atoms with Crippen LogP contribution in [0.15, 0.2) is 42.6 Å². The van der Waals surface area contributed by atoms with Gasteiger partial charge in [-0.15, -0.1) is 0 Å². The molecule has 0 saturated heterocycles. The van der Waals surface area contributed by atoms with Crippen molar-refractivity contribution in [1.29, 1.82) is 0 Å². The zero-order valence-electron chi connectivity index (χ0n) is 11.3. The van der Waals surface area contributed by atoms with E-state index in [-0.39, 0.29) is 23.9 Å². The van der Waals surface area contributed by atoms with Crippen LogP contribution >= 0.6 is 0 Å². The third kappa shape index (κ3) is 3.75. The fraction of sp³-hybridized carbons (Fsp3) is 0.143. The van der Waals surface area contributed by atoms with Gasteiger partial charge in [-0.1, -0.05) is 12.1 Å². The lowest BCUT2D eigenvalue weighted by Gasteiger charge is -2.07. The van der Waals surface area contributed by atoms with Crippen LogP contribution in [-0.4, -0.2) is 23.0 Å². The number of benzene rings is 1. The van der Waals surface area contributed by atoms with E-state index in [2.05, 4.69) is 15.0 Å². The Bertz CT molecular complexity index is 656. The fourth-order valence-electron chi connectivity index (χ4n) is 1.72. The first-order valence-corrected chi connectivity index (χ1v) is 6.12. The number of aromatic nitrogens is 1. The number of carbonyl (C=O) groups excluding carboxylic acids is 1. The molecule has 0 saturated carbocycles. The normalized spacial score (nSPS) is 9.95. The second-order valence-electron chi connectivity index (χ2n) is 4.20. The van der Waals surface area contributed by atoms with Gasteiger partial charge in [-0.05, 0) is 23.8 Å². The Hall–Kier alpha value is -2.96. The molecule has 2 rings (SSSR count). The Balaban J connectivity index is 2.14. The minimum atomic E-state index is -0.499. The summed E-state index contributed by atoms with van der Waals surface area (Å²) in [7, 11) is 1.33. The minimum Gasteiger partial charge on any atom is -0.469 e. The van der Waals surface area contributed by atoms with Crippen LogP contribution in [0.4, 0.5) is 17.2 Å². The number of methoxy groups -OCH3 is 1. The van der Waals surface area contributed by atoms with Crippen LogP contribution in [-0.2, 0) is 16.0 Å². The van der Waals surface area contributed by atoms with Gasteiger partial charge in [-0.3, -0.25) is 14.9 Å². The van der Waals surface area contributed by atoms with Gasteiger partial charge in [0.15, 0.2) is 0 Å². The molecule has 0 fully saturated rings. The lowest BCUT2D eigenvalue weighted by atomic mass is 10.1. The van der Waals surface area contributed by atoms with E-state index in [1.54, 1.807) is 24.3 Å². The average Bonchev–Trinajstić information content (AvgIpc) is 2.49. The third-order valence-corrected chi connectivity index (χ3v) is 2.78. The highest BCUT2D eigenvalue weighted by atomic mass is 16.6.